The van der Waals surface area contributed by atoms with Crippen LogP contribution in [0.1, 0.15) is 16.7 Å². The summed E-state index contributed by atoms with van der Waals surface area (Å²) in [7, 11) is 0. The SMILES string of the molecule is C1=COc2ccccc2C1.C1=COc2ccccc2C1.C1=COc2ccccc2C1.[Al+3].[Al+3].[Al+3].[N-3].[N-3].[N-3].[N-3].[N-3].[N-3].[N-3].[Ti+4].[Ti+4].[Ti+4]. The molecule has 0 radical (unpaired) electrons. The van der Waals surface area contributed by atoms with Gasteiger partial charge < -0.3 is 57.3 Å². The first-order chi connectivity index (χ1) is 14.9. The Morgan fingerprint density at radius 1 is 0.349 bits per heavy atom. The van der Waals surface area contributed by atoms with Crippen LogP contribution in [0, 0.1) is 0 Å². The monoisotopic (exact) mass is 719 g/mol. The average molecular weight is 719 g/mol. The zero-order chi connectivity index (χ0) is 20.4. The Balaban J connectivity index is -0.0000000412. The molecule has 3 heterocycles. The van der Waals surface area contributed by atoms with Crippen molar-refractivity contribution in [2.45, 2.75) is 19.3 Å². The van der Waals surface area contributed by atoms with Crippen LogP contribution in [0.4, 0.5) is 0 Å². The first-order valence-electron chi connectivity index (χ1n) is 10.1. The Morgan fingerprint density at radius 3 is 0.767 bits per heavy atom. The van der Waals surface area contributed by atoms with Crippen LogP contribution in [0.15, 0.2) is 110 Å². The van der Waals surface area contributed by atoms with Gasteiger partial charge in [0.1, 0.15) is 17.2 Å². The van der Waals surface area contributed by atoms with Crippen molar-refractivity contribution in [3.05, 3.63) is 170 Å². The van der Waals surface area contributed by atoms with Crippen molar-refractivity contribution >= 4 is 52.1 Å². The Kier molecular flexibility index (Phi) is 64.2. The van der Waals surface area contributed by atoms with Gasteiger partial charge in [0.25, 0.3) is 0 Å². The maximum absolute atomic E-state index is 5.24. The van der Waals surface area contributed by atoms with Gasteiger partial charge in [-0.25, -0.2) is 0 Å². The molecule has 0 spiro atoms. The number of allylic oxidation sites excluding steroid dienone is 3. The molecule has 206 valence electrons. The van der Waals surface area contributed by atoms with Gasteiger partial charge in [-0.05, 0) is 72.4 Å². The van der Waals surface area contributed by atoms with Gasteiger partial charge in [-0.2, -0.15) is 0 Å². The van der Waals surface area contributed by atoms with E-state index in [1.807, 2.05) is 72.8 Å². The zero-order valence-corrected chi connectivity index (χ0v) is 31.2. The standard InChI is InChI=1S/3C9H8O.3Al.7N.3Ti/c3*1-2-6-9-8(4-1)5-3-7-10-9;;;;;;;;;;;;;/h3*1-4,6-7H,5H2;;;;;;;;;;;;;/q;;;3*+3;7*-3;3*+4. The molecule has 16 heteroatoms. The molecule has 0 saturated heterocycles. The number of rotatable bonds is 0. The minimum atomic E-state index is 0. The summed E-state index contributed by atoms with van der Waals surface area (Å²) in [6, 6.07) is 24.2. The minimum absolute atomic E-state index is 0. The number of ether oxygens (including phenoxy) is 3. The fraction of sp³-hybridized carbons (Fsp3) is 0.111. The summed E-state index contributed by atoms with van der Waals surface area (Å²) in [6.45, 7) is 0. The summed E-state index contributed by atoms with van der Waals surface area (Å²) in [4.78, 5) is 0. The number of para-hydroxylation sites is 3. The van der Waals surface area contributed by atoms with E-state index in [4.69, 9.17) is 14.2 Å². The molecular formula is C27H24Al3N7O3Ti3. The van der Waals surface area contributed by atoms with Crippen molar-refractivity contribution in [1.29, 1.82) is 0 Å². The molecule has 3 aromatic rings. The fourth-order valence-electron chi connectivity index (χ4n) is 3.25. The molecule has 0 aliphatic carbocycles. The summed E-state index contributed by atoms with van der Waals surface area (Å²) in [5.74, 6) is 2.97. The van der Waals surface area contributed by atoms with Crippen molar-refractivity contribution in [2.75, 3.05) is 0 Å². The summed E-state index contributed by atoms with van der Waals surface area (Å²) >= 11 is 0. The van der Waals surface area contributed by atoms with Crippen LogP contribution in [-0.2, 0) is 84.4 Å². The van der Waals surface area contributed by atoms with Gasteiger partial charge >= 0.3 is 117 Å². The summed E-state index contributed by atoms with van der Waals surface area (Å²) in [6.07, 6.45) is 14.3. The smallest absolute Gasteiger partial charge is 3.00 e. The van der Waals surface area contributed by atoms with Crippen LogP contribution < -0.4 is 14.2 Å². The maximum atomic E-state index is 5.24. The molecule has 3 aliphatic rings. The van der Waals surface area contributed by atoms with E-state index in [1.165, 1.54) is 16.7 Å². The second kappa shape index (κ2) is 39.8. The predicted octanol–water partition coefficient (Wildman–Crippen LogP) is 7.28. The van der Waals surface area contributed by atoms with E-state index in [-0.39, 0.29) is 160 Å². The Labute approximate surface area is 334 Å². The fourth-order valence-corrected chi connectivity index (χ4v) is 3.25. The van der Waals surface area contributed by atoms with Gasteiger partial charge in [-0.1, -0.05) is 54.6 Å². The van der Waals surface area contributed by atoms with Crippen LogP contribution in [0.25, 0.3) is 43.1 Å². The first kappa shape index (κ1) is 69.5. The van der Waals surface area contributed by atoms with Crippen LogP contribution in [0.5, 0.6) is 17.2 Å². The van der Waals surface area contributed by atoms with Crippen LogP contribution in [0.3, 0.4) is 0 Å². The normalized spacial score (nSPS) is 9.77. The van der Waals surface area contributed by atoms with Gasteiger partial charge in [-0.15, -0.1) is 0 Å². The Morgan fingerprint density at radius 2 is 0.558 bits per heavy atom. The van der Waals surface area contributed by atoms with Crippen LogP contribution in [0.2, 0.25) is 0 Å². The summed E-state index contributed by atoms with van der Waals surface area (Å²) in [5.41, 5.74) is 3.81. The second-order valence-electron chi connectivity index (χ2n) is 6.90. The number of nitrogens with zero attached hydrogens (tertiary/aromatic N) is 7. The topological polar surface area (TPSA) is 241 Å². The second-order valence-corrected chi connectivity index (χ2v) is 6.90. The van der Waals surface area contributed by atoms with E-state index in [2.05, 4.69) is 18.2 Å². The quantitative estimate of drug-likeness (QED) is 0.218. The van der Waals surface area contributed by atoms with Gasteiger partial charge in [0, 0.05) is 0 Å². The molecule has 0 atom stereocenters. The first-order valence-corrected chi connectivity index (χ1v) is 10.1. The largest absolute Gasteiger partial charge is 4.00 e. The molecule has 3 aliphatic heterocycles. The Bertz CT molecular complexity index is 902. The van der Waals surface area contributed by atoms with Crippen molar-refractivity contribution in [3.63, 3.8) is 0 Å². The third kappa shape index (κ3) is 22.8. The molecule has 0 fully saturated rings. The van der Waals surface area contributed by atoms with Crippen molar-refractivity contribution in [2.24, 2.45) is 0 Å². The van der Waals surface area contributed by atoms with Gasteiger partial charge in [0.05, 0.1) is 18.8 Å². The zero-order valence-electron chi connectivity index (χ0n) is 23.1. The minimum Gasteiger partial charge on any atom is -3.00 e. The third-order valence-corrected chi connectivity index (χ3v) is 4.80. The average Bonchev–Trinajstić information content (AvgIpc) is 2.85. The molecular weight excluding hydrogens is 695 g/mol. The molecule has 0 bridgehead atoms. The molecule has 6 rings (SSSR count). The maximum Gasteiger partial charge on any atom is 4.00 e. The van der Waals surface area contributed by atoms with Crippen molar-refractivity contribution < 1.29 is 79.4 Å². The predicted molar refractivity (Wildman–Crippen MR) is 161 cm³/mol. The molecule has 0 amide bonds. The molecule has 0 saturated carbocycles. The van der Waals surface area contributed by atoms with E-state index < -0.39 is 0 Å². The third-order valence-electron chi connectivity index (χ3n) is 4.80. The van der Waals surface area contributed by atoms with Crippen LogP contribution >= 0.6 is 0 Å². The van der Waals surface area contributed by atoms with E-state index in [9.17, 15) is 0 Å². The van der Waals surface area contributed by atoms with E-state index in [0.717, 1.165) is 36.5 Å². The molecule has 0 aromatic heterocycles. The van der Waals surface area contributed by atoms with E-state index in [0.29, 0.717) is 0 Å². The molecule has 3 aromatic carbocycles. The van der Waals surface area contributed by atoms with Gasteiger partial charge in [0.2, 0.25) is 0 Å². The molecule has 0 N–H and O–H groups in total. The van der Waals surface area contributed by atoms with E-state index >= 15 is 0 Å². The summed E-state index contributed by atoms with van der Waals surface area (Å²) in [5, 5.41) is 0. The van der Waals surface area contributed by atoms with Crippen molar-refractivity contribution in [3.8, 4) is 17.2 Å². The number of fused-ring (bicyclic) bond motifs is 3. The molecule has 10 nitrogen and oxygen atoms in total. The van der Waals surface area contributed by atoms with Crippen LogP contribution in [-0.4, -0.2) is 52.1 Å². The van der Waals surface area contributed by atoms with Crippen molar-refractivity contribution in [1.82, 2.24) is 0 Å². The summed E-state index contributed by atoms with van der Waals surface area (Å²) < 4.78 is 15.7. The molecule has 43 heavy (non-hydrogen) atoms. The van der Waals surface area contributed by atoms with Gasteiger partial charge in [0.15, 0.2) is 0 Å². The molecule has 0 unspecified atom stereocenters. The number of benzene rings is 3. The van der Waals surface area contributed by atoms with Gasteiger partial charge in [-0.3, -0.25) is 0 Å². The van der Waals surface area contributed by atoms with E-state index in [1.54, 1.807) is 18.8 Å². The number of hydrogen-bond donors (Lipinski definition) is 0. The Hall–Kier alpha value is -0.260. The number of hydrogen-bond acceptors (Lipinski definition) is 3.